The first-order valence-electron chi connectivity index (χ1n) is 43.9. The van der Waals surface area contributed by atoms with Crippen molar-refractivity contribution in [2.24, 2.45) is 0 Å². The zero-order valence-electron chi connectivity index (χ0n) is 73.3. The van der Waals surface area contributed by atoms with Crippen LogP contribution in [0.2, 0.25) is 0 Å². The van der Waals surface area contributed by atoms with E-state index in [-0.39, 0.29) is 168 Å². The van der Waals surface area contributed by atoms with Crippen molar-refractivity contribution < 1.29 is 110 Å². The maximum absolute atomic E-state index is 15.9. The van der Waals surface area contributed by atoms with E-state index in [4.69, 9.17) is 33.5 Å². The molecule has 1 aromatic heterocycles. The number of methoxy groups -OCH3 is 1. The summed E-state index contributed by atoms with van der Waals surface area (Å²) in [6.45, 7) is 5.60. The largest absolute Gasteiger partial charge is 0.497 e. The molecule has 10 bridgehead atoms. The second-order valence-electron chi connectivity index (χ2n) is 32.3. The molecular formula is C90H122FN15O22. The monoisotopic (exact) mass is 1780 g/mol. The topological polar surface area (TPSA) is 487 Å². The van der Waals surface area contributed by atoms with Gasteiger partial charge in [-0.15, -0.1) is 0 Å². The third-order valence-corrected chi connectivity index (χ3v) is 22.6. The number of carboxylic acid groups (broad SMARTS) is 1. The first-order valence-corrected chi connectivity index (χ1v) is 43.9. The van der Waals surface area contributed by atoms with Gasteiger partial charge in [-0.05, 0) is 129 Å². The first kappa shape index (κ1) is 99.8. The number of carbonyl (C=O) groups excluding carboxylic acids is 14. The second-order valence-corrected chi connectivity index (χ2v) is 32.3. The van der Waals surface area contributed by atoms with Crippen LogP contribution in [0, 0.1) is 5.82 Å². The van der Waals surface area contributed by atoms with Gasteiger partial charge in [0.2, 0.25) is 82.7 Å². The van der Waals surface area contributed by atoms with E-state index in [9.17, 15) is 43.2 Å². The van der Waals surface area contributed by atoms with E-state index in [2.05, 4.69) is 63.8 Å². The Labute approximate surface area is 742 Å². The average molecular weight is 1790 g/mol. The van der Waals surface area contributed by atoms with Gasteiger partial charge in [-0.2, -0.15) is 0 Å². The second kappa shape index (κ2) is 51.1. The van der Waals surface area contributed by atoms with Crippen LogP contribution >= 0.6 is 0 Å². The molecule has 0 radical (unpaired) electrons. The van der Waals surface area contributed by atoms with Gasteiger partial charge in [0.1, 0.15) is 79.2 Å². The lowest BCUT2D eigenvalue weighted by atomic mass is 9.95. The number of carboxylic acids is 1. The summed E-state index contributed by atoms with van der Waals surface area (Å²) in [5.74, 6) is -11.3. The highest BCUT2D eigenvalue weighted by molar-refractivity contribution is 6.00. The van der Waals surface area contributed by atoms with Crippen molar-refractivity contribution in [1.82, 2.24) is 78.2 Å². The van der Waals surface area contributed by atoms with E-state index in [1.165, 1.54) is 31.1 Å². The van der Waals surface area contributed by atoms with Crippen LogP contribution in [-0.2, 0) is 141 Å². The summed E-state index contributed by atoms with van der Waals surface area (Å²) >= 11 is 0. The number of halogens is 1. The summed E-state index contributed by atoms with van der Waals surface area (Å²) in [5.41, 5.74) is 2.63. The number of nitrogens with zero attached hydrogens (tertiary/aromatic N) is 3. The zero-order valence-corrected chi connectivity index (χ0v) is 73.3. The molecule has 14 amide bonds. The molecule has 5 aromatic rings. The molecule has 128 heavy (non-hydrogen) atoms. The SMILES string of the molecule is CC[C@@H]1NC(=O)C2NC(=O)[C@@H]3Cc4cn(c5ccc(F)cc45)CCCCCCN(Cc4ccc(cc4)CCNC(=O)[C@]4(C)CCCN4C(=O)[C@H](Cc4ccc(OC)cc4)NC1=O)C(=O)CCC(=O)N[C@@H](C)C(=O)N[C@H](CNC(=O)COCCOCCNC(=O)COCCOCCNC(=O)CCCC(=O)O)C(=O)N[C@@H](Cc1cccc(c1)CNC(=O)CO[C@H]2CC)C(=O)N3. The molecule has 38 heteroatoms. The van der Waals surface area contributed by atoms with E-state index < -0.39 is 163 Å². The molecular weight excluding hydrogens is 1660 g/mol. The third kappa shape index (κ3) is 31.5. The fourth-order valence-corrected chi connectivity index (χ4v) is 15.4. The lowest BCUT2D eigenvalue weighted by molar-refractivity contribution is -0.146. The highest BCUT2D eigenvalue weighted by atomic mass is 19.1. The summed E-state index contributed by atoms with van der Waals surface area (Å²) in [4.78, 5) is 216. The van der Waals surface area contributed by atoms with Crippen molar-refractivity contribution in [2.45, 2.75) is 210 Å². The number of aryl methyl sites for hydroxylation is 1. The zero-order chi connectivity index (χ0) is 92.1. The highest BCUT2D eigenvalue weighted by Gasteiger charge is 2.48. The van der Waals surface area contributed by atoms with Gasteiger partial charge < -0.3 is 112 Å². The minimum Gasteiger partial charge on any atom is -0.497 e. The molecule has 696 valence electrons. The van der Waals surface area contributed by atoms with E-state index in [0.717, 1.165) is 11.1 Å². The number of carbonyl (C=O) groups is 15. The van der Waals surface area contributed by atoms with Crippen LogP contribution in [0.25, 0.3) is 10.9 Å². The number of aliphatic carboxylic acids is 1. The molecule has 0 saturated carbocycles. The van der Waals surface area contributed by atoms with Crippen molar-refractivity contribution in [3.8, 4) is 5.75 Å². The van der Waals surface area contributed by atoms with Crippen molar-refractivity contribution in [3.05, 3.63) is 136 Å². The molecule has 0 aliphatic carbocycles. The molecule has 0 spiro atoms. The molecule has 5 aliphatic rings. The van der Waals surface area contributed by atoms with Gasteiger partial charge in [0.15, 0.2) is 0 Å². The molecule has 1 saturated heterocycles. The van der Waals surface area contributed by atoms with Gasteiger partial charge in [-0.25, -0.2) is 4.39 Å². The van der Waals surface area contributed by atoms with E-state index in [1.807, 2.05) is 28.8 Å². The fraction of sp³-hybridized carbons (Fsp3) is 0.544. The molecule has 10 rings (SSSR count). The van der Waals surface area contributed by atoms with Gasteiger partial charge >= 0.3 is 5.97 Å². The van der Waals surface area contributed by atoms with E-state index in [0.29, 0.717) is 84.0 Å². The number of amides is 14. The fourth-order valence-electron chi connectivity index (χ4n) is 15.4. The average Bonchev–Trinajstić information content (AvgIpc) is 1.63. The normalized spacial score (nSPS) is 22.3. The van der Waals surface area contributed by atoms with Crippen LogP contribution in [0.1, 0.15) is 145 Å². The minimum absolute atomic E-state index is 0.0397. The first-order chi connectivity index (χ1) is 61.6. The van der Waals surface area contributed by atoms with Crippen LogP contribution in [0.15, 0.2) is 97.2 Å². The van der Waals surface area contributed by atoms with Crippen molar-refractivity contribution >= 4 is 99.6 Å². The number of rotatable bonds is 27. The van der Waals surface area contributed by atoms with Crippen LogP contribution < -0.4 is 68.5 Å². The Kier molecular flexibility index (Phi) is 39.8. The number of hydrogen-bond acceptors (Lipinski definition) is 21. The van der Waals surface area contributed by atoms with Crippen LogP contribution in [0.3, 0.4) is 0 Å². The van der Waals surface area contributed by atoms with E-state index in [1.54, 1.807) is 86.5 Å². The van der Waals surface area contributed by atoms with Crippen molar-refractivity contribution in [3.63, 3.8) is 0 Å². The molecule has 4 aromatic carbocycles. The Morgan fingerprint density at radius 3 is 1.92 bits per heavy atom. The molecule has 9 atom stereocenters. The number of fused-ring (bicyclic) bond motifs is 16. The number of ether oxygens (including phenoxy) is 6. The predicted octanol–water partition coefficient (Wildman–Crippen LogP) is 1.17. The lowest BCUT2D eigenvalue weighted by Crippen LogP contribution is -2.63. The number of aromatic nitrogens is 1. The highest BCUT2D eigenvalue weighted by Crippen LogP contribution is 2.32. The number of benzene rings is 4. The van der Waals surface area contributed by atoms with Crippen LogP contribution in [0.4, 0.5) is 4.39 Å². The Hall–Kier alpha value is -12.0. The molecule has 37 nitrogen and oxygen atoms in total. The summed E-state index contributed by atoms with van der Waals surface area (Å²) in [5, 5.41) is 42.0. The Bertz CT molecular complexity index is 4650. The molecule has 13 N–H and O–H groups in total. The predicted molar refractivity (Wildman–Crippen MR) is 463 cm³/mol. The Balaban J connectivity index is 1.02. The minimum atomic E-state index is -1.80. The van der Waals surface area contributed by atoms with Crippen molar-refractivity contribution in [1.29, 1.82) is 0 Å². The Morgan fingerprint density at radius 2 is 1.22 bits per heavy atom. The number of hydrogen-bond donors (Lipinski definition) is 13. The maximum atomic E-state index is 15.9. The number of nitrogens with one attached hydrogen (secondary N) is 12. The quantitative estimate of drug-likeness (QED) is 0.0328. The maximum Gasteiger partial charge on any atom is 0.303 e. The smallest absolute Gasteiger partial charge is 0.303 e. The van der Waals surface area contributed by atoms with E-state index >= 15 is 33.2 Å². The van der Waals surface area contributed by atoms with Gasteiger partial charge in [0.05, 0.1) is 52.9 Å². The Morgan fingerprint density at radius 1 is 0.578 bits per heavy atom. The molecule has 1 fully saturated rings. The van der Waals surface area contributed by atoms with Gasteiger partial charge in [0.25, 0.3) is 0 Å². The standard InChI is InChI=1S/C90H122FN15O22/c1-6-67-83(116)101-70(46-59-23-26-65(123-5)27-24-59)88(121)106-38-14-32-90(106,4)89(122)94-33-31-58-19-21-60(22-20-58)52-105-37-11-9-8-10-36-104-53-63(66-49-64(91)25-28-72(66)104)48-69-85(118)103-81(87(120)98-67)73(7-2)128-56-78(111)95-50-62-16-12-15-61(45-62)47-68(84(117)100-69)99-86(119)71(102-82(115)57(3)97-75(108)29-30-79(105)112)51-96-77(110)55-127-44-42-125-40-35-93-76(109)54-126-43-41-124-39-34-92-74(107)17-13-18-80(113)114/h12,15-16,19-28,45,49,53,57,67-71,73,81H,6-11,13-14,17-18,29-44,46-48,50-52,54-56H2,1-5H3,(H,92,107)(H,93,109)(H,94,122)(H,95,111)(H,96,110)(H,97,108)(H,98,120)(H,99,119)(H,100,117)(H,101,116)(H,102,115)(H,103,118)(H,113,114)/t57-,67-,68-,69-,70-,71+,73-,81?,90-/m0/s1. The van der Waals surface area contributed by atoms with Crippen LogP contribution in [0.5, 0.6) is 5.75 Å². The molecule has 6 heterocycles. The summed E-state index contributed by atoms with van der Waals surface area (Å²) in [6.07, 6.45) is 2.35. The summed E-state index contributed by atoms with van der Waals surface area (Å²) < 4.78 is 51.3. The van der Waals surface area contributed by atoms with Gasteiger partial charge in [0, 0.05) is 121 Å². The molecule has 1 unspecified atom stereocenters. The van der Waals surface area contributed by atoms with Gasteiger partial charge in [-0.3, -0.25) is 71.9 Å². The summed E-state index contributed by atoms with van der Waals surface area (Å²) in [6, 6.07) is 13.9. The van der Waals surface area contributed by atoms with Crippen molar-refractivity contribution in [2.75, 3.05) is 106 Å². The lowest BCUT2D eigenvalue weighted by Gasteiger charge is -2.36. The van der Waals surface area contributed by atoms with Crippen LogP contribution in [-0.4, -0.2) is 268 Å². The summed E-state index contributed by atoms with van der Waals surface area (Å²) in [7, 11) is 1.50. The molecule has 5 aliphatic heterocycles. The third-order valence-electron chi connectivity index (χ3n) is 22.6. The van der Waals surface area contributed by atoms with Gasteiger partial charge in [-0.1, -0.05) is 87.4 Å².